The molecule has 6 nitrogen and oxygen atoms in total. The second-order valence-electron chi connectivity index (χ2n) is 5.38. The number of hydrogen-bond acceptors (Lipinski definition) is 6. The van der Waals surface area contributed by atoms with E-state index in [0.29, 0.717) is 28.4 Å². The van der Waals surface area contributed by atoms with Gasteiger partial charge in [0.1, 0.15) is 0 Å². The molecule has 0 amide bonds. The number of ketones is 2. The minimum atomic E-state index is -0.922. The SMILES string of the molecule is COc1cc(C(=O)CC(N)C(=O)c2ccccc2)cc(OC)c1OC. The zero-order valence-electron chi connectivity index (χ0n) is 14.4. The molecule has 2 rings (SSSR count). The third-order valence-corrected chi connectivity index (χ3v) is 3.79. The van der Waals surface area contributed by atoms with E-state index in [1.54, 1.807) is 36.4 Å². The van der Waals surface area contributed by atoms with Gasteiger partial charge in [-0.3, -0.25) is 9.59 Å². The van der Waals surface area contributed by atoms with E-state index in [0.717, 1.165) is 0 Å². The number of carbonyl (C=O) groups excluding carboxylic acids is 2. The maximum atomic E-state index is 12.5. The summed E-state index contributed by atoms with van der Waals surface area (Å²) in [5.41, 5.74) is 6.75. The molecule has 0 aromatic heterocycles. The van der Waals surface area contributed by atoms with E-state index in [2.05, 4.69) is 0 Å². The highest BCUT2D eigenvalue weighted by molar-refractivity contribution is 6.05. The molecule has 0 fully saturated rings. The molecule has 6 heteroatoms. The number of ether oxygens (including phenoxy) is 3. The average Bonchev–Trinajstić information content (AvgIpc) is 2.66. The van der Waals surface area contributed by atoms with Crippen LogP contribution in [-0.4, -0.2) is 38.9 Å². The Morgan fingerprint density at radius 2 is 1.48 bits per heavy atom. The molecule has 0 radical (unpaired) electrons. The topological polar surface area (TPSA) is 87.9 Å². The molecular weight excluding hydrogens is 322 g/mol. The van der Waals surface area contributed by atoms with Gasteiger partial charge in [-0.2, -0.15) is 0 Å². The highest BCUT2D eigenvalue weighted by Gasteiger charge is 2.22. The monoisotopic (exact) mass is 343 g/mol. The minimum absolute atomic E-state index is 0.119. The van der Waals surface area contributed by atoms with E-state index in [4.69, 9.17) is 19.9 Å². The van der Waals surface area contributed by atoms with Crippen LogP contribution in [0.15, 0.2) is 42.5 Å². The highest BCUT2D eigenvalue weighted by Crippen LogP contribution is 2.38. The largest absolute Gasteiger partial charge is 0.493 e. The molecule has 1 unspecified atom stereocenters. The van der Waals surface area contributed by atoms with Crippen molar-refractivity contribution in [1.29, 1.82) is 0 Å². The smallest absolute Gasteiger partial charge is 0.203 e. The molecule has 25 heavy (non-hydrogen) atoms. The standard InChI is InChI=1S/C19H21NO5/c1-23-16-9-13(10-17(24-2)19(16)25-3)15(21)11-14(20)18(22)12-7-5-4-6-8-12/h4-10,14H,11,20H2,1-3H3. The van der Waals surface area contributed by atoms with Crippen LogP contribution in [0.3, 0.4) is 0 Å². The molecule has 0 bridgehead atoms. The fourth-order valence-electron chi connectivity index (χ4n) is 2.47. The molecule has 0 heterocycles. The average molecular weight is 343 g/mol. The van der Waals surface area contributed by atoms with Gasteiger partial charge >= 0.3 is 0 Å². The number of nitrogens with two attached hydrogens (primary N) is 1. The van der Waals surface area contributed by atoms with Crippen molar-refractivity contribution in [3.63, 3.8) is 0 Å². The maximum absolute atomic E-state index is 12.5. The lowest BCUT2D eigenvalue weighted by molar-refractivity contribution is 0.0895. The number of methoxy groups -OCH3 is 3. The van der Waals surface area contributed by atoms with Crippen LogP contribution in [-0.2, 0) is 0 Å². The van der Waals surface area contributed by atoms with Crippen molar-refractivity contribution >= 4 is 11.6 Å². The van der Waals surface area contributed by atoms with Crippen LogP contribution in [0.1, 0.15) is 27.1 Å². The fourth-order valence-corrected chi connectivity index (χ4v) is 2.47. The van der Waals surface area contributed by atoms with Crippen LogP contribution in [0.5, 0.6) is 17.2 Å². The Labute approximate surface area is 146 Å². The molecule has 0 saturated heterocycles. The summed E-state index contributed by atoms with van der Waals surface area (Å²) in [6, 6.07) is 10.8. The molecular formula is C19H21NO5. The number of carbonyl (C=O) groups is 2. The Hall–Kier alpha value is -2.86. The van der Waals surface area contributed by atoms with Crippen LogP contribution in [0.25, 0.3) is 0 Å². The Kier molecular flexibility index (Phi) is 6.14. The van der Waals surface area contributed by atoms with Crippen LogP contribution in [0.4, 0.5) is 0 Å². The molecule has 1 atom stereocenters. The van der Waals surface area contributed by atoms with Gasteiger partial charge in [0.25, 0.3) is 0 Å². The predicted octanol–water partition coefficient (Wildman–Crippen LogP) is 2.50. The summed E-state index contributed by atoms with van der Waals surface area (Å²) >= 11 is 0. The van der Waals surface area contributed by atoms with Crippen LogP contribution >= 0.6 is 0 Å². The molecule has 0 spiro atoms. The van der Waals surface area contributed by atoms with Gasteiger partial charge < -0.3 is 19.9 Å². The molecule has 0 saturated carbocycles. The minimum Gasteiger partial charge on any atom is -0.493 e. The van der Waals surface area contributed by atoms with Crippen LogP contribution < -0.4 is 19.9 Å². The Morgan fingerprint density at radius 3 is 1.96 bits per heavy atom. The van der Waals surface area contributed by atoms with Gasteiger partial charge in [-0.1, -0.05) is 30.3 Å². The number of rotatable bonds is 8. The van der Waals surface area contributed by atoms with Crippen LogP contribution in [0.2, 0.25) is 0 Å². The second kappa shape index (κ2) is 8.30. The van der Waals surface area contributed by atoms with Gasteiger partial charge in [0, 0.05) is 17.5 Å². The first kappa shape index (κ1) is 18.5. The Balaban J connectivity index is 2.21. The highest BCUT2D eigenvalue weighted by atomic mass is 16.5. The zero-order valence-corrected chi connectivity index (χ0v) is 14.4. The van der Waals surface area contributed by atoms with E-state index in [-0.39, 0.29) is 18.0 Å². The summed E-state index contributed by atoms with van der Waals surface area (Å²) < 4.78 is 15.7. The third kappa shape index (κ3) is 4.16. The maximum Gasteiger partial charge on any atom is 0.203 e. The van der Waals surface area contributed by atoms with E-state index in [9.17, 15) is 9.59 Å². The normalized spacial score (nSPS) is 11.5. The lowest BCUT2D eigenvalue weighted by Crippen LogP contribution is -2.33. The predicted molar refractivity (Wildman–Crippen MR) is 93.8 cm³/mol. The van der Waals surface area contributed by atoms with Crippen molar-refractivity contribution in [2.24, 2.45) is 5.73 Å². The van der Waals surface area contributed by atoms with E-state index < -0.39 is 6.04 Å². The summed E-state index contributed by atoms with van der Waals surface area (Å²) in [6.45, 7) is 0. The third-order valence-electron chi connectivity index (χ3n) is 3.79. The summed E-state index contributed by atoms with van der Waals surface area (Å²) in [4.78, 5) is 24.9. The van der Waals surface area contributed by atoms with Crippen molar-refractivity contribution in [2.45, 2.75) is 12.5 Å². The zero-order chi connectivity index (χ0) is 18.4. The molecule has 2 aromatic carbocycles. The molecule has 2 aromatic rings. The molecule has 0 aliphatic heterocycles. The first-order chi connectivity index (χ1) is 12.0. The summed E-state index contributed by atoms with van der Waals surface area (Å²) in [5, 5.41) is 0. The van der Waals surface area contributed by atoms with Crippen LogP contribution in [0, 0.1) is 0 Å². The van der Waals surface area contributed by atoms with Crippen molar-refractivity contribution < 1.29 is 23.8 Å². The van der Waals surface area contributed by atoms with Crippen molar-refractivity contribution in [3.8, 4) is 17.2 Å². The lowest BCUT2D eigenvalue weighted by Gasteiger charge is -2.15. The van der Waals surface area contributed by atoms with Gasteiger partial charge in [0.05, 0.1) is 27.4 Å². The van der Waals surface area contributed by atoms with E-state index >= 15 is 0 Å². The van der Waals surface area contributed by atoms with Gasteiger partial charge in [0.15, 0.2) is 23.1 Å². The summed E-state index contributed by atoms with van der Waals surface area (Å²) in [7, 11) is 4.42. The number of Topliss-reactive ketones (excluding diaryl/α,β-unsaturated/α-hetero) is 2. The number of hydrogen-bond donors (Lipinski definition) is 1. The van der Waals surface area contributed by atoms with Crippen molar-refractivity contribution in [2.75, 3.05) is 21.3 Å². The first-order valence-corrected chi connectivity index (χ1v) is 7.69. The molecule has 0 aliphatic rings. The molecule has 0 aliphatic carbocycles. The van der Waals surface area contributed by atoms with Crippen molar-refractivity contribution in [3.05, 3.63) is 53.6 Å². The lowest BCUT2D eigenvalue weighted by atomic mass is 9.97. The van der Waals surface area contributed by atoms with E-state index in [1.165, 1.54) is 21.3 Å². The van der Waals surface area contributed by atoms with Gasteiger partial charge in [0.2, 0.25) is 5.75 Å². The molecule has 2 N–H and O–H groups in total. The Morgan fingerprint density at radius 1 is 0.920 bits per heavy atom. The fraction of sp³-hybridized carbons (Fsp3) is 0.263. The first-order valence-electron chi connectivity index (χ1n) is 7.69. The van der Waals surface area contributed by atoms with Gasteiger partial charge in [-0.25, -0.2) is 0 Å². The Bertz CT molecular complexity index is 733. The van der Waals surface area contributed by atoms with E-state index in [1.807, 2.05) is 6.07 Å². The number of benzene rings is 2. The van der Waals surface area contributed by atoms with Gasteiger partial charge in [-0.15, -0.1) is 0 Å². The second-order valence-corrected chi connectivity index (χ2v) is 5.38. The van der Waals surface area contributed by atoms with Gasteiger partial charge in [-0.05, 0) is 12.1 Å². The quantitative estimate of drug-likeness (QED) is 0.741. The van der Waals surface area contributed by atoms with Crippen molar-refractivity contribution in [1.82, 2.24) is 0 Å². The molecule has 132 valence electrons. The summed E-state index contributed by atoms with van der Waals surface area (Å²) in [6.07, 6.45) is -0.119. The summed E-state index contributed by atoms with van der Waals surface area (Å²) in [5.74, 6) is 0.574.